The molecule has 3 N–H and O–H groups in total. The molecular formula is C29H32FN7O3. The lowest BCUT2D eigenvalue weighted by Gasteiger charge is -2.35. The average Bonchev–Trinajstić information content (AvgIpc) is 3.40. The minimum absolute atomic E-state index is 0.126. The standard InChI is InChI=1S/C29H32FN7O3/c1-29(27(38)31-15-16-37(2)3)17-39-26(40-18-29)25-35-23(19-9-11-20(30)12-10-19)24(36-25)22-13-14-32-28(34-22)33-21-7-5-4-6-8-21/h4-14,26H,15-18H2,1-3H3,(H,31,38)(H,35,36)(H,32,33,34). The molecule has 1 saturated heterocycles. The number of nitrogens with zero attached hydrogens (tertiary/aromatic N) is 4. The second-order valence-electron chi connectivity index (χ2n) is 10.2. The SMILES string of the molecule is CN(C)CCNC(=O)C1(C)COC(c2nc(-c3ccc(F)cc3)c(-c3ccnc(Nc4ccccc4)n3)[nH]2)OC1. The Kier molecular flexibility index (Phi) is 8.15. The molecule has 0 bridgehead atoms. The van der Waals surface area contributed by atoms with Crippen LogP contribution in [0.25, 0.3) is 22.6 Å². The van der Waals surface area contributed by atoms with Gasteiger partial charge in [0.1, 0.15) is 5.82 Å². The van der Waals surface area contributed by atoms with Gasteiger partial charge in [-0.05, 0) is 63.5 Å². The molecule has 0 saturated carbocycles. The Labute approximate surface area is 232 Å². The number of aromatic nitrogens is 4. The van der Waals surface area contributed by atoms with E-state index in [9.17, 15) is 9.18 Å². The molecule has 1 fully saturated rings. The number of benzene rings is 2. The molecule has 0 atom stereocenters. The first-order valence-corrected chi connectivity index (χ1v) is 13.0. The van der Waals surface area contributed by atoms with Gasteiger partial charge in [-0.1, -0.05) is 18.2 Å². The molecule has 0 aliphatic carbocycles. The number of anilines is 2. The molecule has 1 amide bonds. The fourth-order valence-electron chi connectivity index (χ4n) is 4.22. The molecule has 2 aromatic carbocycles. The fraction of sp³-hybridized carbons (Fsp3) is 0.310. The maximum absolute atomic E-state index is 13.7. The molecule has 1 aliphatic heterocycles. The first-order chi connectivity index (χ1) is 19.3. The number of H-pyrrole nitrogens is 1. The highest BCUT2D eigenvalue weighted by molar-refractivity contribution is 5.82. The van der Waals surface area contributed by atoms with Crippen LogP contribution in [0.1, 0.15) is 19.0 Å². The highest BCUT2D eigenvalue weighted by atomic mass is 19.1. The molecule has 1 aliphatic rings. The van der Waals surface area contributed by atoms with Gasteiger partial charge >= 0.3 is 0 Å². The summed E-state index contributed by atoms with van der Waals surface area (Å²) in [6.07, 6.45) is 0.829. The number of amides is 1. The smallest absolute Gasteiger partial charge is 0.230 e. The Morgan fingerprint density at radius 1 is 1.07 bits per heavy atom. The van der Waals surface area contributed by atoms with Gasteiger partial charge in [-0.15, -0.1) is 0 Å². The monoisotopic (exact) mass is 545 g/mol. The normalized spacial score (nSPS) is 19.0. The molecule has 208 valence electrons. The van der Waals surface area contributed by atoms with Crippen molar-refractivity contribution in [2.45, 2.75) is 13.2 Å². The largest absolute Gasteiger partial charge is 0.354 e. The number of nitrogens with one attached hydrogen (secondary N) is 3. The number of imidazole rings is 1. The lowest BCUT2D eigenvalue weighted by Crippen LogP contribution is -2.49. The Bertz CT molecular complexity index is 1440. The van der Waals surface area contributed by atoms with Gasteiger partial charge in [0.25, 0.3) is 0 Å². The second-order valence-corrected chi connectivity index (χ2v) is 10.2. The van der Waals surface area contributed by atoms with Crippen LogP contribution in [-0.4, -0.2) is 71.1 Å². The molecule has 3 heterocycles. The van der Waals surface area contributed by atoms with Gasteiger partial charge in [0.2, 0.25) is 18.1 Å². The third-order valence-electron chi connectivity index (χ3n) is 6.50. The Morgan fingerprint density at radius 3 is 2.50 bits per heavy atom. The molecule has 5 rings (SSSR count). The number of aromatic amines is 1. The van der Waals surface area contributed by atoms with E-state index >= 15 is 0 Å². The third kappa shape index (κ3) is 6.33. The average molecular weight is 546 g/mol. The van der Waals surface area contributed by atoms with Crippen molar-refractivity contribution in [2.24, 2.45) is 5.41 Å². The summed E-state index contributed by atoms with van der Waals surface area (Å²) in [5, 5.41) is 6.14. The zero-order valence-electron chi connectivity index (χ0n) is 22.6. The van der Waals surface area contributed by atoms with E-state index in [2.05, 4.69) is 25.6 Å². The zero-order chi connectivity index (χ0) is 28.1. The van der Waals surface area contributed by atoms with E-state index < -0.39 is 11.7 Å². The Balaban J connectivity index is 1.39. The first-order valence-electron chi connectivity index (χ1n) is 13.0. The summed E-state index contributed by atoms with van der Waals surface area (Å²) in [5.74, 6) is 0.352. The van der Waals surface area contributed by atoms with E-state index in [0.717, 1.165) is 12.2 Å². The van der Waals surface area contributed by atoms with Gasteiger partial charge < -0.3 is 30.0 Å². The molecule has 0 spiro atoms. The van der Waals surface area contributed by atoms with E-state index in [0.29, 0.717) is 41.0 Å². The van der Waals surface area contributed by atoms with Crippen LogP contribution in [0.5, 0.6) is 0 Å². The predicted molar refractivity (Wildman–Crippen MR) is 149 cm³/mol. The van der Waals surface area contributed by atoms with Gasteiger partial charge in [-0.25, -0.2) is 19.3 Å². The second kappa shape index (κ2) is 11.9. The number of halogens is 1. The van der Waals surface area contributed by atoms with Crippen molar-refractivity contribution in [3.63, 3.8) is 0 Å². The third-order valence-corrected chi connectivity index (χ3v) is 6.50. The number of likely N-dealkylation sites (N-methyl/N-ethyl adjacent to an activating group) is 1. The number of ether oxygens (including phenoxy) is 2. The van der Waals surface area contributed by atoms with E-state index in [1.165, 1.54) is 12.1 Å². The van der Waals surface area contributed by atoms with Gasteiger partial charge in [-0.3, -0.25) is 4.79 Å². The highest BCUT2D eigenvalue weighted by Gasteiger charge is 2.40. The van der Waals surface area contributed by atoms with Crippen LogP contribution >= 0.6 is 0 Å². The van der Waals surface area contributed by atoms with Crippen LogP contribution in [0.3, 0.4) is 0 Å². The van der Waals surface area contributed by atoms with Crippen molar-refractivity contribution in [1.29, 1.82) is 0 Å². The van der Waals surface area contributed by atoms with Gasteiger partial charge in [-0.2, -0.15) is 0 Å². The van der Waals surface area contributed by atoms with Crippen LogP contribution in [0.2, 0.25) is 0 Å². The topological polar surface area (TPSA) is 117 Å². The summed E-state index contributed by atoms with van der Waals surface area (Å²) >= 11 is 0. The van der Waals surface area contributed by atoms with Crippen molar-refractivity contribution in [3.8, 4) is 22.6 Å². The maximum Gasteiger partial charge on any atom is 0.230 e. The van der Waals surface area contributed by atoms with Crippen LogP contribution in [0.15, 0.2) is 66.9 Å². The van der Waals surface area contributed by atoms with E-state index in [4.69, 9.17) is 14.5 Å². The molecule has 4 aromatic rings. The maximum atomic E-state index is 13.7. The number of hydrogen-bond donors (Lipinski definition) is 3. The number of carbonyl (C=O) groups excluding carboxylic acids is 1. The Hall–Kier alpha value is -4.19. The molecule has 2 aromatic heterocycles. The molecular weight excluding hydrogens is 513 g/mol. The number of carbonyl (C=O) groups is 1. The lowest BCUT2D eigenvalue weighted by molar-refractivity contribution is -0.231. The zero-order valence-corrected chi connectivity index (χ0v) is 22.6. The van der Waals surface area contributed by atoms with Crippen LogP contribution in [0.4, 0.5) is 16.0 Å². The molecule has 10 nitrogen and oxygen atoms in total. The van der Waals surface area contributed by atoms with E-state index in [-0.39, 0.29) is 24.9 Å². The minimum Gasteiger partial charge on any atom is -0.354 e. The minimum atomic E-state index is -0.831. The van der Waals surface area contributed by atoms with Gasteiger partial charge in [0, 0.05) is 30.5 Å². The molecule has 0 unspecified atom stereocenters. The highest BCUT2D eigenvalue weighted by Crippen LogP contribution is 2.35. The van der Waals surface area contributed by atoms with E-state index in [1.807, 2.05) is 56.3 Å². The molecule has 11 heteroatoms. The van der Waals surface area contributed by atoms with Crippen molar-refractivity contribution in [1.82, 2.24) is 30.2 Å². The number of rotatable bonds is 9. The predicted octanol–water partition coefficient (Wildman–Crippen LogP) is 4.15. The molecule has 0 radical (unpaired) electrons. The Morgan fingerprint density at radius 2 is 1.80 bits per heavy atom. The van der Waals surface area contributed by atoms with Crippen LogP contribution < -0.4 is 10.6 Å². The van der Waals surface area contributed by atoms with Crippen LogP contribution in [-0.2, 0) is 14.3 Å². The summed E-state index contributed by atoms with van der Waals surface area (Å²) < 4.78 is 25.7. The summed E-state index contributed by atoms with van der Waals surface area (Å²) in [4.78, 5) is 31.9. The van der Waals surface area contributed by atoms with Crippen molar-refractivity contribution >= 4 is 17.5 Å². The van der Waals surface area contributed by atoms with Crippen molar-refractivity contribution in [3.05, 3.63) is 78.5 Å². The molecule has 40 heavy (non-hydrogen) atoms. The van der Waals surface area contributed by atoms with Gasteiger partial charge in [0.05, 0.1) is 35.7 Å². The quantitative estimate of drug-likeness (QED) is 0.287. The van der Waals surface area contributed by atoms with E-state index in [1.54, 1.807) is 24.4 Å². The number of para-hydroxylation sites is 1. The van der Waals surface area contributed by atoms with Gasteiger partial charge in [0.15, 0.2) is 5.82 Å². The van der Waals surface area contributed by atoms with Crippen molar-refractivity contribution in [2.75, 3.05) is 45.7 Å². The summed E-state index contributed by atoms with van der Waals surface area (Å²) in [7, 11) is 3.90. The summed E-state index contributed by atoms with van der Waals surface area (Å²) in [6.45, 7) is 3.40. The van der Waals surface area contributed by atoms with Crippen LogP contribution in [0, 0.1) is 11.2 Å². The lowest BCUT2D eigenvalue weighted by atomic mass is 9.91. The summed E-state index contributed by atoms with van der Waals surface area (Å²) in [6, 6.07) is 17.4. The number of hydrogen-bond acceptors (Lipinski definition) is 8. The first kappa shape index (κ1) is 27.4. The summed E-state index contributed by atoms with van der Waals surface area (Å²) in [5.41, 5.74) is 2.44. The fourth-order valence-corrected chi connectivity index (χ4v) is 4.22. The van der Waals surface area contributed by atoms with Crippen molar-refractivity contribution < 1.29 is 18.7 Å².